The van der Waals surface area contributed by atoms with Crippen LogP contribution in [0.2, 0.25) is 0 Å². The van der Waals surface area contributed by atoms with Crippen LogP contribution in [0, 0.1) is 0 Å². The van der Waals surface area contributed by atoms with Crippen LogP contribution >= 0.6 is 0 Å². The molecule has 0 amide bonds. The van der Waals surface area contributed by atoms with Gasteiger partial charge in [0.15, 0.2) is 0 Å². The van der Waals surface area contributed by atoms with Gasteiger partial charge in [0.05, 0.1) is 18.1 Å². The highest BCUT2D eigenvalue weighted by Crippen LogP contribution is 1.94. The van der Waals surface area contributed by atoms with Crippen molar-refractivity contribution in [3.63, 3.8) is 0 Å². The molecule has 0 unspecified atom stereocenters. The van der Waals surface area contributed by atoms with Gasteiger partial charge >= 0.3 is 0 Å². The van der Waals surface area contributed by atoms with Gasteiger partial charge in [-0.05, 0) is 6.92 Å². The summed E-state index contributed by atoms with van der Waals surface area (Å²) in [7, 11) is -3.94. The quantitative estimate of drug-likeness (QED) is 0.497. The first kappa shape index (κ1) is 13.2. The van der Waals surface area contributed by atoms with E-state index in [4.69, 9.17) is 14.8 Å². The normalized spacial score (nSPS) is 9.82. The van der Waals surface area contributed by atoms with Gasteiger partial charge in [-0.1, -0.05) is 6.58 Å². The predicted molar refractivity (Wildman–Crippen MR) is 40.5 cm³/mol. The summed E-state index contributed by atoms with van der Waals surface area (Å²) >= 11 is 0. The van der Waals surface area contributed by atoms with E-state index >= 15 is 0 Å². The maximum absolute atomic E-state index is 9.79. The fraction of sp³-hybridized carbons (Fsp3) is 0.600. The zero-order chi connectivity index (χ0) is 9.49. The van der Waals surface area contributed by atoms with Crippen LogP contribution in [0.5, 0.6) is 0 Å². The van der Waals surface area contributed by atoms with Gasteiger partial charge in [-0.15, -0.1) is 0 Å². The highest BCUT2D eigenvalue weighted by atomic mass is 32.2. The topological polar surface area (TPSA) is 94.8 Å². The fourth-order valence-electron chi connectivity index (χ4n) is 0. The lowest BCUT2D eigenvalue weighted by atomic mass is 10.8. The van der Waals surface area contributed by atoms with Crippen molar-refractivity contribution < 1.29 is 23.2 Å². The number of rotatable bonds is 2. The molecule has 0 bridgehead atoms. The standard InChI is InChI=1S/C3H6O3S.C2H6O2/c1-3(2)7(4,5)6;3-1-2-4/h1H2,2H3,(H,4,5,6);3-4H,1-2H2. The molecule has 11 heavy (non-hydrogen) atoms. The van der Waals surface area contributed by atoms with E-state index in [0.717, 1.165) is 0 Å². The number of hydrogen-bond donors (Lipinski definition) is 3. The third kappa shape index (κ3) is 12.7. The van der Waals surface area contributed by atoms with Crippen molar-refractivity contribution >= 4 is 10.1 Å². The van der Waals surface area contributed by atoms with Gasteiger partial charge in [0.1, 0.15) is 0 Å². The van der Waals surface area contributed by atoms with E-state index < -0.39 is 10.1 Å². The van der Waals surface area contributed by atoms with E-state index in [1.165, 1.54) is 6.92 Å². The Balaban J connectivity index is 0. The van der Waals surface area contributed by atoms with Crippen molar-refractivity contribution in [2.45, 2.75) is 6.92 Å². The molecule has 0 aromatic carbocycles. The van der Waals surface area contributed by atoms with Crippen molar-refractivity contribution in [1.82, 2.24) is 0 Å². The number of aliphatic hydroxyl groups is 2. The summed E-state index contributed by atoms with van der Waals surface area (Å²) in [6.07, 6.45) is 0. The summed E-state index contributed by atoms with van der Waals surface area (Å²) in [5.74, 6) is 0. The van der Waals surface area contributed by atoms with E-state index in [0.29, 0.717) is 0 Å². The summed E-state index contributed by atoms with van der Waals surface area (Å²) in [6, 6.07) is 0. The van der Waals surface area contributed by atoms with Crippen molar-refractivity contribution in [1.29, 1.82) is 0 Å². The number of aliphatic hydroxyl groups excluding tert-OH is 2. The molecule has 5 nitrogen and oxygen atoms in total. The maximum Gasteiger partial charge on any atom is 0.289 e. The molecule has 0 aliphatic heterocycles. The average Bonchev–Trinajstić information content (AvgIpc) is 1.87. The van der Waals surface area contributed by atoms with Crippen LogP contribution in [0.3, 0.4) is 0 Å². The zero-order valence-corrected chi connectivity index (χ0v) is 7.00. The molecule has 68 valence electrons. The Bertz CT molecular complexity index is 191. The molecule has 0 aliphatic carbocycles. The van der Waals surface area contributed by atoms with Crippen LogP contribution in [0.1, 0.15) is 6.92 Å². The highest BCUT2D eigenvalue weighted by molar-refractivity contribution is 7.89. The highest BCUT2D eigenvalue weighted by Gasteiger charge is 2.01. The van der Waals surface area contributed by atoms with Gasteiger partial charge in [0, 0.05) is 0 Å². The molecule has 0 spiro atoms. The largest absolute Gasteiger partial charge is 0.394 e. The van der Waals surface area contributed by atoms with E-state index in [1.807, 2.05) is 0 Å². The molecule has 0 fully saturated rings. The molecule has 0 heterocycles. The molecule has 0 aromatic heterocycles. The minimum absolute atomic E-state index is 0.125. The van der Waals surface area contributed by atoms with Gasteiger partial charge in [0.25, 0.3) is 10.1 Å². The van der Waals surface area contributed by atoms with Crippen LogP contribution in [0.4, 0.5) is 0 Å². The van der Waals surface area contributed by atoms with Gasteiger partial charge in [-0.2, -0.15) is 8.42 Å². The molecule has 0 aliphatic rings. The van der Waals surface area contributed by atoms with Crippen LogP contribution < -0.4 is 0 Å². The first-order chi connectivity index (χ1) is 4.86. The molecule has 0 aromatic rings. The van der Waals surface area contributed by atoms with Crippen molar-refractivity contribution in [2.24, 2.45) is 0 Å². The van der Waals surface area contributed by atoms with E-state index in [1.54, 1.807) is 0 Å². The molecule has 0 saturated carbocycles. The van der Waals surface area contributed by atoms with Crippen LogP contribution in [-0.2, 0) is 10.1 Å². The summed E-state index contributed by atoms with van der Waals surface area (Å²) < 4.78 is 27.5. The summed E-state index contributed by atoms with van der Waals surface area (Å²) in [5, 5.41) is 15.2. The van der Waals surface area contributed by atoms with Gasteiger partial charge < -0.3 is 10.2 Å². The van der Waals surface area contributed by atoms with Gasteiger partial charge in [-0.3, -0.25) is 4.55 Å². The molecule has 6 heteroatoms. The predicted octanol–water partition coefficient (Wildman–Crippen LogP) is -0.621. The second-order valence-corrected chi connectivity index (χ2v) is 3.27. The molecular weight excluding hydrogens is 172 g/mol. The molecular formula is C5H12O5S. The molecule has 0 radical (unpaired) electrons. The Morgan fingerprint density at radius 1 is 1.36 bits per heavy atom. The van der Waals surface area contributed by atoms with Crippen LogP contribution in [0.15, 0.2) is 11.5 Å². The second-order valence-electron chi connectivity index (χ2n) is 1.62. The first-order valence-electron chi connectivity index (χ1n) is 2.71. The first-order valence-corrected chi connectivity index (χ1v) is 4.15. The minimum Gasteiger partial charge on any atom is -0.394 e. The monoisotopic (exact) mass is 184 g/mol. The average molecular weight is 184 g/mol. The van der Waals surface area contributed by atoms with Crippen molar-refractivity contribution in [3.8, 4) is 0 Å². The van der Waals surface area contributed by atoms with E-state index in [2.05, 4.69) is 6.58 Å². The Hall–Kier alpha value is -0.430. The van der Waals surface area contributed by atoms with Gasteiger partial charge in [-0.25, -0.2) is 0 Å². The molecule has 3 N–H and O–H groups in total. The van der Waals surface area contributed by atoms with Crippen LogP contribution in [0.25, 0.3) is 0 Å². The zero-order valence-electron chi connectivity index (χ0n) is 6.19. The Labute approximate surface area is 65.7 Å². The second kappa shape index (κ2) is 6.29. The SMILES string of the molecule is C=C(C)S(=O)(=O)O.OCCO. The fourth-order valence-corrected chi connectivity index (χ4v) is 0. The third-order valence-electron chi connectivity index (χ3n) is 0.540. The number of allylic oxidation sites excluding steroid dienone is 1. The van der Waals surface area contributed by atoms with Crippen molar-refractivity contribution in [2.75, 3.05) is 13.2 Å². The maximum atomic E-state index is 9.79. The smallest absolute Gasteiger partial charge is 0.289 e. The lowest BCUT2D eigenvalue weighted by Gasteiger charge is -1.86. The lowest BCUT2D eigenvalue weighted by Crippen LogP contribution is -1.95. The number of hydrogen-bond acceptors (Lipinski definition) is 4. The van der Waals surface area contributed by atoms with E-state index in [-0.39, 0.29) is 18.1 Å². The summed E-state index contributed by atoms with van der Waals surface area (Å²) in [6.45, 7) is 3.96. The third-order valence-corrected chi connectivity index (χ3v) is 1.42. The minimum atomic E-state index is -3.94. The molecule has 0 rings (SSSR count). The van der Waals surface area contributed by atoms with Crippen LogP contribution in [-0.4, -0.2) is 36.4 Å². The molecule has 0 saturated heterocycles. The Kier molecular flexibility index (Phi) is 7.54. The summed E-state index contributed by atoms with van der Waals surface area (Å²) in [5.41, 5.74) is 0. The van der Waals surface area contributed by atoms with Crippen molar-refractivity contribution in [3.05, 3.63) is 11.5 Å². The van der Waals surface area contributed by atoms with E-state index in [9.17, 15) is 8.42 Å². The Morgan fingerprint density at radius 3 is 1.55 bits per heavy atom. The van der Waals surface area contributed by atoms with Gasteiger partial charge in [0.2, 0.25) is 0 Å². The molecule has 0 atom stereocenters. The Morgan fingerprint density at radius 2 is 1.55 bits per heavy atom. The lowest BCUT2D eigenvalue weighted by molar-refractivity contribution is 0.186. The summed E-state index contributed by atoms with van der Waals surface area (Å²) in [4.78, 5) is -0.229.